The lowest BCUT2D eigenvalue weighted by atomic mass is 10.1. The molecule has 0 spiro atoms. The van der Waals surface area contributed by atoms with Gasteiger partial charge in [0.1, 0.15) is 0 Å². The number of nitrogens with one attached hydrogen (secondary N) is 1. The molecule has 3 aromatic rings. The summed E-state index contributed by atoms with van der Waals surface area (Å²) in [6.45, 7) is 6.69. The molecule has 0 saturated heterocycles. The van der Waals surface area contributed by atoms with Crippen LogP contribution >= 0.6 is 0 Å². The summed E-state index contributed by atoms with van der Waals surface area (Å²) in [5.74, 6) is 0.633. The number of aromatic nitrogens is 4. The highest BCUT2D eigenvalue weighted by molar-refractivity contribution is 5.43. The molecule has 0 aliphatic carbocycles. The molecule has 0 aliphatic heterocycles. The van der Waals surface area contributed by atoms with Crippen molar-refractivity contribution in [1.82, 2.24) is 19.7 Å². The van der Waals surface area contributed by atoms with Gasteiger partial charge in [-0.2, -0.15) is 5.10 Å². The Balaban J connectivity index is 1.85. The molecular weight excluding hydrogens is 274 g/mol. The van der Waals surface area contributed by atoms with Crippen LogP contribution in [0.25, 0.3) is 5.69 Å². The van der Waals surface area contributed by atoms with Crippen molar-refractivity contribution in [3.05, 3.63) is 65.2 Å². The number of rotatable bonds is 4. The average Bonchev–Trinajstić information content (AvgIpc) is 2.85. The number of aryl methyl sites for hydroxylation is 3. The molecule has 0 amide bonds. The molecule has 0 bridgehead atoms. The minimum atomic E-state index is 0.633. The minimum Gasteiger partial charge on any atom is -0.350 e. The summed E-state index contributed by atoms with van der Waals surface area (Å²) in [6.07, 6.45) is 3.62. The van der Waals surface area contributed by atoms with E-state index >= 15 is 0 Å². The van der Waals surface area contributed by atoms with E-state index in [1.165, 1.54) is 0 Å². The van der Waals surface area contributed by atoms with Crippen LogP contribution in [0.5, 0.6) is 0 Å². The van der Waals surface area contributed by atoms with Crippen molar-refractivity contribution < 1.29 is 0 Å². The normalized spacial score (nSPS) is 10.7. The Morgan fingerprint density at radius 2 is 1.77 bits per heavy atom. The monoisotopic (exact) mass is 293 g/mol. The first kappa shape index (κ1) is 14.3. The van der Waals surface area contributed by atoms with Gasteiger partial charge in [0.2, 0.25) is 5.95 Å². The zero-order valence-corrected chi connectivity index (χ0v) is 13.0. The summed E-state index contributed by atoms with van der Waals surface area (Å²) in [6, 6.07) is 10.3. The van der Waals surface area contributed by atoms with Crippen LogP contribution in [0.4, 0.5) is 5.95 Å². The van der Waals surface area contributed by atoms with Gasteiger partial charge >= 0.3 is 0 Å². The van der Waals surface area contributed by atoms with E-state index in [1.54, 1.807) is 0 Å². The first-order valence-corrected chi connectivity index (χ1v) is 7.27. The van der Waals surface area contributed by atoms with Crippen LogP contribution in [0, 0.1) is 20.8 Å². The molecule has 1 aromatic carbocycles. The third-order valence-corrected chi connectivity index (χ3v) is 3.45. The van der Waals surface area contributed by atoms with Crippen LogP contribution in [0.15, 0.2) is 42.7 Å². The van der Waals surface area contributed by atoms with Gasteiger partial charge in [-0.1, -0.05) is 18.2 Å². The van der Waals surface area contributed by atoms with Crippen LogP contribution in [0.3, 0.4) is 0 Å². The molecule has 1 N–H and O–H groups in total. The standard InChI is InChI=1S/C17H19N5/c1-12-9-18-17(19-10-12)20-11-15-6-4-5-7-16(15)22-14(3)8-13(2)21-22/h4-10H,11H2,1-3H3,(H,18,19,20). The van der Waals surface area contributed by atoms with Crippen LogP contribution in [-0.4, -0.2) is 19.7 Å². The Morgan fingerprint density at radius 1 is 1.05 bits per heavy atom. The fourth-order valence-corrected chi connectivity index (χ4v) is 2.40. The summed E-state index contributed by atoms with van der Waals surface area (Å²) in [5, 5.41) is 7.83. The van der Waals surface area contributed by atoms with Crippen LogP contribution in [0.1, 0.15) is 22.5 Å². The molecule has 0 unspecified atom stereocenters. The second kappa shape index (κ2) is 5.97. The largest absolute Gasteiger partial charge is 0.350 e. The zero-order chi connectivity index (χ0) is 15.5. The summed E-state index contributed by atoms with van der Waals surface area (Å²) in [4.78, 5) is 8.55. The van der Waals surface area contributed by atoms with E-state index in [4.69, 9.17) is 0 Å². The third kappa shape index (κ3) is 2.98. The Bertz CT molecular complexity index is 774. The van der Waals surface area contributed by atoms with E-state index in [1.807, 2.05) is 43.1 Å². The molecule has 22 heavy (non-hydrogen) atoms. The second-order valence-electron chi connectivity index (χ2n) is 5.41. The number of para-hydroxylation sites is 1. The molecule has 0 atom stereocenters. The number of hydrogen-bond donors (Lipinski definition) is 1. The minimum absolute atomic E-state index is 0.633. The van der Waals surface area contributed by atoms with Crippen molar-refractivity contribution in [3.8, 4) is 5.69 Å². The molecule has 0 fully saturated rings. The van der Waals surface area contributed by atoms with Gasteiger partial charge in [0.25, 0.3) is 0 Å². The first-order chi connectivity index (χ1) is 10.6. The highest BCUT2D eigenvalue weighted by atomic mass is 15.3. The SMILES string of the molecule is Cc1cnc(NCc2ccccc2-n2nc(C)cc2C)nc1. The van der Waals surface area contributed by atoms with Crippen molar-refractivity contribution in [2.45, 2.75) is 27.3 Å². The van der Waals surface area contributed by atoms with E-state index in [-0.39, 0.29) is 0 Å². The Hall–Kier alpha value is -2.69. The van der Waals surface area contributed by atoms with Crippen molar-refractivity contribution in [1.29, 1.82) is 0 Å². The summed E-state index contributed by atoms with van der Waals surface area (Å²) < 4.78 is 1.97. The summed E-state index contributed by atoms with van der Waals surface area (Å²) >= 11 is 0. The Labute approximate surface area is 130 Å². The maximum atomic E-state index is 4.57. The molecule has 0 radical (unpaired) electrons. The van der Waals surface area contributed by atoms with E-state index in [9.17, 15) is 0 Å². The van der Waals surface area contributed by atoms with Gasteiger partial charge in [0, 0.05) is 24.6 Å². The van der Waals surface area contributed by atoms with Gasteiger partial charge < -0.3 is 5.32 Å². The number of nitrogens with zero attached hydrogens (tertiary/aromatic N) is 4. The maximum Gasteiger partial charge on any atom is 0.222 e. The predicted octanol–water partition coefficient (Wildman–Crippen LogP) is 3.20. The van der Waals surface area contributed by atoms with Gasteiger partial charge in [0.05, 0.1) is 11.4 Å². The highest BCUT2D eigenvalue weighted by Crippen LogP contribution is 2.17. The fraction of sp³-hybridized carbons (Fsp3) is 0.235. The van der Waals surface area contributed by atoms with Gasteiger partial charge in [-0.15, -0.1) is 0 Å². The molecule has 5 nitrogen and oxygen atoms in total. The molecule has 2 aromatic heterocycles. The van der Waals surface area contributed by atoms with Crippen molar-refractivity contribution >= 4 is 5.95 Å². The number of hydrogen-bond acceptors (Lipinski definition) is 4. The lowest BCUT2D eigenvalue weighted by molar-refractivity contribution is 0.820. The average molecular weight is 293 g/mol. The molecule has 0 saturated carbocycles. The molecule has 112 valence electrons. The van der Waals surface area contributed by atoms with E-state index in [2.05, 4.69) is 45.5 Å². The maximum absolute atomic E-state index is 4.57. The molecule has 5 heteroatoms. The third-order valence-electron chi connectivity index (χ3n) is 3.45. The van der Waals surface area contributed by atoms with Crippen molar-refractivity contribution in [2.75, 3.05) is 5.32 Å². The zero-order valence-electron chi connectivity index (χ0n) is 13.0. The van der Waals surface area contributed by atoms with Crippen molar-refractivity contribution in [2.24, 2.45) is 0 Å². The fourth-order valence-electron chi connectivity index (χ4n) is 2.40. The molecular formula is C17H19N5. The van der Waals surface area contributed by atoms with Crippen LogP contribution in [-0.2, 0) is 6.54 Å². The molecule has 2 heterocycles. The lowest BCUT2D eigenvalue weighted by Crippen LogP contribution is -2.08. The first-order valence-electron chi connectivity index (χ1n) is 7.27. The van der Waals surface area contributed by atoms with E-state index in [0.717, 1.165) is 28.2 Å². The smallest absolute Gasteiger partial charge is 0.222 e. The predicted molar refractivity (Wildman–Crippen MR) is 87.1 cm³/mol. The van der Waals surface area contributed by atoms with E-state index < -0.39 is 0 Å². The van der Waals surface area contributed by atoms with Gasteiger partial charge in [-0.25, -0.2) is 14.6 Å². The van der Waals surface area contributed by atoms with Crippen LogP contribution in [0.2, 0.25) is 0 Å². The van der Waals surface area contributed by atoms with E-state index in [0.29, 0.717) is 12.5 Å². The summed E-state index contributed by atoms with van der Waals surface area (Å²) in [7, 11) is 0. The summed E-state index contributed by atoms with van der Waals surface area (Å²) in [5.41, 5.74) is 5.41. The Morgan fingerprint density at radius 3 is 2.45 bits per heavy atom. The topological polar surface area (TPSA) is 55.6 Å². The number of anilines is 1. The number of benzene rings is 1. The van der Waals surface area contributed by atoms with Gasteiger partial charge in [-0.3, -0.25) is 0 Å². The molecule has 0 aliphatic rings. The van der Waals surface area contributed by atoms with Gasteiger partial charge in [-0.05, 0) is 44.0 Å². The van der Waals surface area contributed by atoms with Crippen molar-refractivity contribution in [3.63, 3.8) is 0 Å². The quantitative estimate of drug-likeness (QED) is 0.802. The Kier molecular flexibility index (Phi) is 3.87. The van der Waals surface area contributed by atoms with Gasteiger partial charge in [0.15, 0.2) is 0 Å². The second-order valence-corrected chi connectivity index (χ2v) is 5.41. The lowest BCUT2D eigenvalue weighted by Gasteiger charge is -2.12. The van der Waals surface area contributed by atoms with Crippen LogP contribution < -0.4 is 5.32 Å². The highest BCUT2D eigenvalue weighted by Gasteiger charge is 2.08. The molecule has 3 rings (SSSR count).